The summed E-state index contributed by atoms with van der Waals surface area (Å²) in [5.74, 6) is -0.773. The number of halogens is 4. The first kappa shape index (κ1) is 21.7. The van der Waals surface area contributed by atoms with E-state index in [0.29, 0.717) is 0 Å². The highest BCUT2D eigenvalue weighted by Crippen LogP contribution is 2.40. The summed E-state index contributed by atoms with van der Waals surface area (Å²) in [6.45, 7) is -0.302. The summed E-state index contributed by atoms with van der Waals surface area (Å²) in [5.41, 5.74) is 2.77. The number of amides is 1. The summed E-state index contributed by atoms with van der Waals surface area (Å²) in [4.78, 5) is 15.5. The molecule has 0 radical (unpaired) electrons. The number of carbonyl (C=O) groups excluding carboxylic acids is 1. The number of rotatable bonds is 6. The first-order valence-corrected chi connectivity index (χ1v) is 7.94. The molecule has 1 amide bonds. The van der Waals surface area contributed by atoms with Crippen LogP contribution in [-0.2, 0) is 17.4 Å². The Morgan fingerprint density at radius 3 is 2.64 bits per heavy atom. The van der Waals surface area contributed by atoms with E-state index in [4.69, 9.17) is 5.73 Å². The number of hydrogen-bond donors (Lipinski definition) is 3. The predicted octanol–water partition coefficient (Wildman–Crippen LogP) is 1.62. The van der Waals surface area contributed by atoms with E-state index < -0.39 is 24.0 Å². The van der Waals surface area contributed by atoms with Crippen LogP contribution >= 0.6 is 12.4 Å². The molecule has 2 rings (SSSR count). The van der Waals surface area contributed by atoms with E-state index in [0.717, 1.165) is 23.8 Å². The van der Waals surface area contributed by atoms with Crippen molar-refractivity contribution in [1.82, 2.24) is 14.9 Å². The Morgan fingerprint density at radius 2 is 2.16 bits per heavy atom. The third kappa shape index (κ3) is 4.86. The predicted molar refractivity (Wildman–Crippen MR) is 88.0 cm³/mol. The van der Waals surface area contributed by atoms with Crippen molar-refractivity contribution in [2.24, 2.45) is 18.7 Å². The lowest BCUT2D eigenvalue weighted by Gasteiger charge is -2.30. The van der Waals surface area contributed by atoms with Gasteiger partial charge in [-0.25, -0.2) is 4.98 Å². The molecule has 1 aromatic heterocycles. The van der Waals surface area contributed by atoms with Crippen LogP contribution in [0.15, 0.2) is 12.4 Å². The van der Waals surface area contributed by atoms with Crippen LogP contribution in [0.2, 0.25) is 0 Å². The molecular weight excluding hydrogens is 361 g/mol. The molecule has 1 aliphatic carbocycles. The molecule has 1 fully saturated rings. The summed E-state index contributed by atoms with van der Waals surface area (Å²) >= 11 is 0. The molecule has 0 aromatic carbocycles. The van der Waals surface area contributed by atoms with Gasteiger partial charge >= 0.3 is 6.18 Å². The van der Waals surface area contributed by atoms with Gasteiger partial charge in [0.25, 0.3) is 0 Å². The van der Waals surface area contributed by atoms with Crippen LogP contribution in [0.1, 0.15) is 37.9 Å². The quantitative estimate of drug-likeness (QED) is 0.694. The van der Waals surface area contributed by atoms with Gasteiger partial charge in [-0.05, 0) is 18.8 Å². The molecule has 1 saturated carbocycles. The van der Waals surface area contributed by atoms with Crippen LogP contribution in [0, 0.1) is 5.92 Å². The molecule has 1 unspecified atom stereocenters. The molecule has 3 atom stereocenters. The largest absolute Gasteiger partial charge is 0.424 e. The van der Waals surface area contributed by atoms with Crippen molar-refractivity contribution in [1.29, 1.82) is 0 Å². The van der Waals surface area contributed by atoms with Crippen molar-refractivity contribution < 1.29 is 23.1 Å². The molecule has 10 heteroatoms. The fourth-order valence-electron chi connectivity index (χ4n) is 3.16. The normalized spacial score (nSPS) is 23.0. The number of aliphatic hydroxyl groups is 1. The summed E-state index contributed by atoms with van der Waals surface area (Å²) < 4.78 is 41.1. The molecule has 0 saturated heterocycles. The van der Waals surface area contributed by atoms with Gasteiger partial charge in [-0.15, -0.1) is 12.4 Å². The van der Waals surface area contributed by atoms with Crippen LogP contribution in [0.4, 0.5) is 13.2 Å². The minimum atomic E-state index is -4.90. The second kappa shape index (κ2) is 8.37. The van der Waals surface area contributed by atoms with Gasteiger partial charge in [0.1, 0.15) is 5.82 Å². The van der Waals surface area contributed by atoms with Crippen molar-refractivity contribution >= 4 is 18.3 Å². The fourth-order valence-corrected chi connectivity index (χ4v) is 3.16. The van der Waals surface area contributed by atoms with Crippen LogP contribution < -0.4 is 11.1 Å². The lowest BCUT2D eigenvalue weighted by atomic mass is 9.97. The number of nitrogens with two attached hydrogens (primary N) is 1. The SMILES string of the molecule is Cl.Cn1ccnc1C(O)(CCNC(=O)C[C@@H]1CCC[C@H]1N)C(F)(F)F. The lowest BCUT2D eigenvalue weighted by molar-refractivity contribution is -0.272. The van der Waals surface area contributed by atoms with Gasteiger partial charge in [0.05, 0.1) is 0 Å². The van der Waals surface area contributed by atoms with Crippen LogP contribution in [0.3, 0.4) is 0 Å². The number of hydrogen-bond acceptors (Lipinski definition) is 4. The Morgan fingerprint density at radius 1 is 1.48 bits per heavy atom. The zero-order valence-corrected chi connectivity index (χ0v) is 14.7. The standard InChI is InChI=1S/C15H23F3N4O2.ClH/c1-22-8-7-21-13(22)14(24,15(16,17)18)5-6-20-12(23)9-10-3-2-4-11(10)19;/h7-8,10-11,24H,2-6,9,19H2,1H3,(H,20,23);1H/t10-,11+,14?;/m0./s1. The molecule has 1 heterocycles. The van der Waals surface area contributed by atoms with Crippen molar-refractivity contribution in [3.63, 3.8) is 0 Å². The summed E-state index contributed by atoms with van der Waals surface area (Å²) in [6, 6.07) is -0.0320. The molecule has 6 nitrogen and oxygen atoms in total. The molecule has 4 N–H and O–H groups in total. The average molecular weight is 385 g/mol. The molecule has 0 bridgehead atoms. The highest BCUT2D eigenvalue weighted by molar-refractivity contribution is 5.85. The minimum Gasteiger partial charge on any atom is -0.374 e. The third-order valence-electron chi connectivity index (χ3n) is 4.63. The Labute approximate surface area is 150 Å². The Hall–Kier alpha value is -1.32. The molecule has 144 valence electrons. The lowest BCUT2D eigenvalue weighted by Crippen LogP contribution is -2.46. The van der Waals surface area contributed by atoms with E-state index in [1.54, 1.807) is 0 Å². The van der Waals surface area contributed by atoms with Gasteiger partial charge in [0, 0.05) is 44.9 Å². The van der Waals surface area contributed by atoms with E-state index in [1.165, 1.54) is 19.4 Å². The van der Waals surface area contributed by atoms with Crippen molar-refractivity contribution in [3.8, 4) is 0 Å². The van der Waals surface area contributed by atoms with Crippen LogP contribution in [0.5, 0.6) is 0 Å². The monoisotopic (exact) mass is 384 g/mol. The zero-order valence-electron chi connectivity index (χ0n) is 13.9. The number of aryl methyl sites for hydroxylation is 1. The Bertz CT molecular complexity index is 581. The van der Waals surface area contributed by atoms with Crippen LogP contribution in [0.25, 0.3) is 0 Å². The van der Waals surface area contributed by atoms with Crippen molar-refractivity contribution in [3.05, 3.63) is 18.2 Å². The molecule has 25 heavy (non-hydrogen) atoms. The summed E-state index contributed by atoms with van der Waals surface area (Å²) in [5, 5.41) is 12.6. The Kier molecular flexibility index (Phi) is 7.28. The summed E-state index contributed by atoms with van der Waals surface area (Å²) in [7, 11) is 1.37. The fraction of sp³-hybridized carbons (Fsp3) is 0.733. The van der Waals surface area contributed by atoms with Gasteiger partial charge in [-0.1, -0.05) is 6.42 Å². The van der Waals surface area contributed by atoms with E-state index in [1.807, 2.05) is 0 Å². The van der Waals surface area contributed by atoms with E-state index in [9.17, 15) is 23.1 Å². The number of carbonyl (C=O) groups is 1. The number of nitrogens with one attached hydrogen (secondary N) is 1. The van der Waals surface area contributed by atoms with Crippen molar-refractivity contribution in [2.45, 2.75) is 49.9 Å². The first-order chi connectivity index (χ1) is 11.1. The second-order valence-corrected chi connectivity index (χ2v) is 6.38. The highest BCUT2D eigenvalue weighted by atomic mass is 35.5. The smallest absolute Gasteiger partial charge is 0.374 e. The van der Waals surface area contributed by atoms with Gasteiger partial charge in [-0.3, -0.25) is 4.79 Å². The minimum absolute atomic E-state index is 0. The van der Waals surface area contributed by atoms with Crippen LogP contribution in [-0.4, -0.2) is 39.3 Å². The maximum atomic E-state index is 13.3. The maximum Gasteiger partial charge on any atom is 0.424 e. The maximum absolute atomic E-state index is 13.3. The number of aromatic nitrogens is 2. The number of nitrogens with zero attached hydrogens (tertiary/aromatic N) is 2. The highest BCUT2D eigenvalue weighted by Gasteiger charge is 2.57. The van der Waals surface area contributed by atoms with E-state index in [-0.39, 0.29) is 43.2 Å². The molecule has 0 spiro atoms. The van der Waals surface area contributed by atoms with E-state index >= 15 is 0 Å². The molecule has 0 aliphatic heterocycles. The number of imidazole rings is 1. The summed E-state index contributed by atoms with van der Waals surface area (Å²) in [6.07, 6.45) is -0.202. The van der Waals surface area contributed by atoms with Gasteiger partial charge in [-0.2, -0.15) is 13.2 Å². The third-order valence-corrected chi connectivity index (χ3v) is 4.63. The second-order valence-electron chi connectivity index (χ2n) is 6.38. The molecule has 1 aliphatic rings. The molecule has 1 aromatic rings. The first-order valence-electron chi connectivity index (χ1n) is 7.94. The Balaban J connectivity index is 0.00000312. The van der Waals surface area contributed by atoms with Crippen molar-refractivity contribution in [2.75, 3.05) is 6.54 Å². The topological polar surface area (TPSA) is 93.2 Å². The van der Waals surface area contributed by atoms with E-state index in [2.05, 4.69) is 10.3 Å². The molecular formula is C15H24ClF3N4O2. The average Bonchev–Trinajstić information content (AvgIpc) is 3.07. The number of alkyl halides is 3. The van der Waals surface area contributed by atoms with Gasteiger partial charge < -0.3 is 20.7 Å². The van der Waals surface area contributed by atoms with Gasteiger partial charge in [0.2, 0.25) is 11.5 Å². The zero-order chi connectivity index (χ0) is 18.0. The van der Waals surface area contributed by atoms with Gasteiger partial charge in [0.15, 0.2) is 0 Å².